The van der Waals surface area contributed by atoms with E-state index in [0.717, 1.165) is 37.3 Å². The van der Waals surface area contributed by atoms with E-state index in [4.69, 9.17) is 26.7 Å². The number of sulfone groups is 1. The van der Waals surface area contributed by atoms with Crippen molar-refractivity contribution in [2.24, 2.45) is 0 Å². The lowest BCUT2D eigenvalue weighted by Crippen LogP contribution is -2.54. The Hall–Kier alpha value is -2.85. The minimum absolute atomic E-state index is 0.183. The lowest BCUT2D eigenvalue weighted by Gasteiger charge is -2.36. The van der Waals surface area contributed by atoms with E-state index < -0.39 is 43.4 Å². The Kier molecular flexibility index (Phi) is 11.1. The first-order chi connectivity index (χ1) is 19.3. The van der Waals surface area contributed by atoms with Crippen LogP contribution in [0.4, 0.5) is 18.0 Å². The first-order valence-corrected chi connectivity index (χ1v) is 15.1. The average molecular weight is 616 g/mol. The zero-order valence-electron chi connectivity index (χ0n) is 22.5. The van der Waals surface area contributed by atoms with Crippen LogP contribution in [-0.2, 0) is 27.4 Å². The fourth-order valence-electron chi connectivity index (χ4n) is 4.98. The molecule has 1 saturated heterocycles. The Morgan fingerprint density at radius 2 is 1.80 bits per heavy atom. The number of amides is 1. The minimum Gasteiger partial charge on any atom is -0.465 e. The number of nitrogens with one attached hydrogen (secondary N) is 1. The molecule has 0 radical (unpaired) electrons. The van der Waals surface area contributed by atoms with Crippen LogP contribution in [0.2, 0.25) is 5.02 Å². The Bertz CT molecular complexity index is 1320. The Morgan fingerprint density at radius 1 is 1.17 bits per heavy atom. The number of hydrogen-bond acceptors (Lipinski definition) is 6. The summed E-state index contributed by atoms with van der Waals surface area (Å²) in [6, 6.07) is 13.5. The van der Waals surface area contributed by atoms with Gasteiger partial charge in [-0.1, -0.05) is 42.8 Å². The highest BCUT2D eigenvalue weighted by Gasteiger charge is 2.42. The molecule has 1 saturated carbocycles. The van der Waals surface area contributed by atoms with Crippen molar-refractivity contribution in [2.75, 3.05) is 19.6 Å². The third-order valence-electron chi connectivity index (χ3n) is 7.39. The van der Waals surface area contributed by atoms with Gasteiger partial charge in [-0.3, -0.25) is 0 Å². The first kappa shape index (κ1) is 32.7. The van der Waals surface area contributed by atoms with Gasteiger partial charge in [0.1, 0.15) is 5.54 Å². The summed E-state index contributed by atoms with van der Waals surface area (Å²) in [5, 5.41) is 19.6. The maximum Gasteiger partial charge on any atom is 0.417 e. The molecular weight excluding hydrogens is 583 g/mol. The molecule has 1 amide bonds. The fraction of sp³-hybridized carbons (Fsp3) is 0.500. The number of alkyl halides is 3. The van der Waals surface area contributed by atoms with Gasteiger partial charge in [0, 0.05) is 18.1 Å². The van der Waals surface area contributed by atoms with Gasteiger partial charge in [0.15, 0.2) is 9.84 Å². The molecule has 0 bridgehead atoms. The van der Waals surface area contributed by atoms with Gasteiger partial charge < -0.3 is 20.1 Å². The van der Waals surface area contributed by atoms with Crippen LogP contribution >= 0.6 is 11.6 Å². The summed E-state index contributed by atoms with van der Waals surface area (Å²) in [4.78, 5) is 12.1. The topological polar surface area (TPSA) is 120 Å². The van der Waals surface area contributed by atoms with Crippen molar-refractivity contribution in [2.45, 2.75) is 73.6 Å². The van der Waals surface area contributed by atoms with Gasteiger partial charge >= 0.3 is 12.3 Å². The summed E-state index contributed by atoms with van der Waals surface area (Å²) in [6.45, 7) is 4.88. The van der Waals surface area contributed by atoms with Crippen LogP contribution in [0.3, 0.4) is 0 Å². The van der Waals surface area contributed by atoms with Gasteiger partial charge in [0.2, 0.25) is 0 Å². The SMILES string of the molecule is CCN1CCC(C#N)(NC(=O)O)CC1.O=S(=O)(c1ccccc1C(F)(F)F)[C@@H]1CC[C@@H](OCc2ccc(Cl)cc2)C1. The third kappa shape index (κ3) is 8.82. The normalized spacial score (nSPS) is 20.9. The summed E-state index contributed by atoms with van der Waals surface area (Å²) in [5.41, 5.74) is -1.08. The van der Waals surface area contributed by atoms with Crippen LogP contribution in [0.15, 0.2) is 53.4 Å². The van der Waals surface area contributed by atoms with E-state index in [1.165, 1.54) is 12.1 Å². The zero-order chi connectivity index (χ0) is 30.3. The molecule has 2 fully saturated rings. The molecule has 0 unspecified atom stereocenters. The lowest BCUT2D eigenvalue weighted by molar-refractivity contribution is -0.139. The highest BCUT2D eigenvalue weighted by Crippen LogP contribution is 2.38. The van der Waals surface area contributed by atoms with Crippen LogP contribution in [0.25, 0.3) is 0 Å². The Balaban J connectivity index is 0.000000278. The number of nitrogens with zero attached hydrogens (tertiary/aromatic N) is 2. The standard InChI is InChI=1S/C19H18ClF3O3S.C9H15N3O2/c20-14-7-5-13(6-8-14)12-26-15-9-10-16(11-15)27(24,25)18-4-2-1-3-17(18)19(21,22)23;1-2-12-5-3-9(7-10,4-6-12)11-8(13)14/h1-8,15-16H,9-12H2;11H,2-6H2,1H3,(H,13,14)/t15-,16-;/m1./s1. The molecule has 13 heteroatoms. The van der Waals surface area contributed by atoms with Crippen molar-refractivity contribution >= 4 is 27.5 Å². The van der Waals surface area contributed by atoms with Crippen molar-refractivity contribution < 1.29 is 36.2 Å². The van der Waals surface area contributed by atoms with Crippen molar-refractivity contribution in [3.63, 3.8) is 0 Å². The van der Waals surface area contributed by atoms with Gasteiger partial charge in [0.25, 0.3) is 0 Å². The second-order valence-electron chi connectivity index (χ2n) is 10.1. The molecule has 0 aromatic heterocycles. The predicted octanol–water partition coefficient (Wildman–Crippen LogP) is 5.90. The number of rotatable bonds is 7. The van der Waals surface area contributed by atoms with E-state index in [1.807, 2.05) is 12.1 Å². The van der Waals surface area contributed by atoms with Crippen LogP contribution in [0.1, 0.15) is 50.2 Å². The van der Waals surface area contributed by atoms with Crippen LogP contribution in [0.5, 0.6) is 0 Å². The number of benzene rings is 2. The van der Waals surface area contributed by atoms with Gasteiger partial charge in [-0.05, 0) is 68.5 Å². The summed E-state index contributed by atoms with van der Waals surface area (Å²) in [5.74, 6) is 0. The molecule has 2 N–H and O–H groups in total. The monoisotopic (exact) mass is 615 g/mol. The van der Waals surface area contributed by atoms with E-state index in [-0.39, 0.29) is 18.9 Å². The summed E-state index contributed by atoms with van der Waals surface area (Å²) >= 11 is 5.82. The number of piperidine rings is 1. The Morgan fingerprint density at radius 3 is 2.37 bits per heavy atom. The smallest absolute Gasteiger partial charge is 0.417 e. The average Bonchev–Trinajstić information content (AvgIpc) is 3.43. The molecule has 2 atom stereocenters. The second-order valence-corrected chi connectivity index (χ2v) is 12.7. The molecule has 4 rings (SSSR count). The highest BCUT2D eigenvalue weighted by atomic mass is 35.5. The molecule has 2 aromatic carbocycles. The molecule has 2 aromatic rings. The molecule has 8 nitrogen and oxygen atoms in total. The van der Waals surface area contributed by atoms with Crippen LogP contribution in [0, 0.1) is 11.3 Å². The number of halogens is 4. The molecule has 41 heavy (non-hydrogen) atoms. The van der Waals surface area contributed by atoms with Crippen molar-refractivity contribution in [1.29, 1.82) is 5.26 Å². The van der Waals surface area contributed by atoms with Crippen LogP contribution in [-0.4, -0.2) is 61.0 Å². The van der Waals surface area contributed by atoms with Gasteiger partial charge in [-0.15, -0.1) is 0 Å². The zero-order valence-corrected chi connectivity index (χ0v) is 24.1. The first-order valence-electron chi connectivity index (χ1n) is 13.2. The molecule has 224 valence electrons. The van der Waals surface area contributed by atoms with Crippen molar-refractivity contribution in [3.05, 3.63) is 64.7 Å². The lowest BCUT2D eigenvalue weighted by atomic mass is 9.89. The Labute approximate surface area is 243 Å². The molecule has 1 heterocycles. The number of hydrogen-bond donors (Lipinski definition) is 2. The van der Waals surface area contributed by atoms with Gasteiger partial charge in [-0.25, -0.2) is 13.2 Å². The molecule has 0 spiro atoms. The number of carbonyl (C=O) groups is 1. The maximum atomic E-state index is 13.2. The number of likely N-dealkylation sites (tertiary alicyclic amines) is 1. The van der Waals surface area contributed by atoms with E-state index in [0.29, 0.717) is 30.9 Å². The highest BCUT2D eigenvalue weighted by molar-refractivity contribution is 7.92. The van der Waals surface area contributed by atoms with Gasteiger partial charge in [-0.2, -0.15) is 18.4 Å². The third-order valence-corrected chi connectivity index (χ3v) is 9.92. The quantitative estimate of drug-likeness (QED) is 0.398. The van der Waals surface area contributed by atoms with E-state index >= 15 is 0 Å². The van der Waals surface area contributed by atoms with E-state index in [1.54, 1.807) is 12.1 Å². The number of nitriles is 1. The van der Waals surface area contributed by atoms with Crippen LogP contribution < -0.4 is 5.32 Å². The fourth-order valence-corrected chi connectivity index (χ4v) is 7.14. The van der Waals surface area contributed by atoms with E-state index in [2.05, 4.69) is 23.2 Å². The van der Waals surface area contributed by atoms with E-state index in [9.17, 15) is 26.4 Å². The molecule has 1 aliphatic heterocycles. The molecule has 1 aliphatic carbocycles. The number of ether oxygens (including phenoxy) is 1. The largest absolute Gasteiger partial charge is 0.465 e. The summed E-state index contributed by atoms with van der Waals surface area (Å²) < 4.78 is 70.9. The van der Waals surface area contributed by atoms with Crippen molar-refractivity contribution in [1.82, 2.24) is 10.2 Å². The second kappa shape index (κ2) is 13.9. The molecular formula is C28H33ClF3N3O5S. The summed E-state index contributed by atoms with van der Waals surface area (Å²) in [7, 11) is -4.09. The van der Waals surface area contributed by atoms with Crippen molar-refractivity contribution in [3.8, 4) is 6.07 Å². The number of carboxylic acid groups (broad SMARTS) is 1. The minimum atomic E-state index is -4.72. The predicted molar refractivity (Wildman–Crippen MR) is 147 cm³/mol. The molecule has 2 aliphatic rings. The summed E-state index contributed by atoms with van der Waals surface area (Å²) in [6.07, 6.45) is -4.04. The maximum absolute atomic E-state index is 13.2. The van der Waals surface area contributed by atoms with Gasteiger partial charge in [0.05, 0.1) is 34.5 Å².